The van der Waals surface area contributed by atoms with Gasteiger partial charge in [0.1, 0.15) is 0 Å². The molecule has 0 fully saturated rings. The van der Waals surface area contributed by atoms with E-state index in [0.717, 1.165) is 6.08 Å². The molecule has 1 heterocycles. The summed E-state index contributed by atoms with van der Waals surface area (Å²) in [7, 11) is 0. The van der Waals surface area contributed by atoms with Gasteiger partial charge in [-0.3, -0.25) is 0 Å². The highest BCUT2D eigenvalue weighted by Gasteiger charge is 2.04. The van der Waals surface area contributed by atoms with Gasteiger partial charge < -0.3 is 5.32 Å². The second-order valence-corrected chi connectivity index (χ2v) is 1.45. The normalized spacial score (nSPS) is 26.8. The van der Waals surface area contributed by atoms with Crippen LogP contribution in [0.15, 0.2) is 24.2 Å². The Labute approximate surface area is 45.7 Å². The maximum Gasteiger partial charge on any atom is 0.190 e. The van der Waals surface area contributed by atoms with Crippen LogP contribution in [0.1, 0.15) is 0 Å². The molecule has 0 radical (unpaired) electrons. The van der Waals surface area contributed by atoms with Gasteiger partial charge in [-0.05, 0) is 12.2 Å². The Hall–Kier alpha value is -0.860. The molecule has 0 aliphatic carbocycles. The van der Waals surface area contributed by atoms with Gasteiger partial charge in [0.15, 0.2) is 12.2 Å². The summed E-state index contributed by atoms with van der Waals surface area (Å²) >= 11 is 0. The molecule has 1 unspecified atom stereocenters. The molecule has 1 nitrogen and oxygen atoms in total. The standard InChI is InChI=1S/C5H5F2N/c6-4-2-1-3-5(7)8-4/h1-4,8H. The summed E-state index contributed by atoms with van der Waals surface area (Å²) in [6.45, 7) is 0. The van der Waals surface area contributed by atoms with Crippen molar-refractivity contribution in [3.63, 3.8) is 0 Å². The summed E-state index contributed by atoms with van der Waals surface area (Å²) in [6.07, 6.45) is 2.36. The number of hydrogen-bond acceptors (Lipinski definition) is 1. The van der Waals surface area contributed by atoms with E-state index in [0.29, 0.717) is 0 Å². The molecule has 0 amide bonds. The monoisotopic (exact) mass is 117 g/mol. The first-order valence-corrected chi connectivity index (χ1v) is 2.23. The van der Waals surface area contributed by atoms with Crippen LogP contribution in [0, 0.1) is 0 Å². The Balaban J connectivity index is 2.59. The van der Waals surface area contributed by atoms with E-state index in [2.05, 4.69) is 0 Å². The third kappa shape index (κ3) is 1.05. The van der Waals surface area contributed by atoms with Crippen LogP contribution < -0.4 is 5.32 Å². The van der Waals surface area contributed by atoms with Gasteiger partial charge in [0.05, 0.1) is 0 Å². The first kappa shape index (κ1) is 5.28. The average molecular weight is 117 g/mol. The molecule has 0 saturated heterocycles. The number of nitrogens with one attached hydrogen (secondary N) is 1. The lowest BCUT2D eigenvalue weighted by molar-refractivity contribution is 0.325. The van der Waals surface area contributed by atoms with E-state index < -0.39 is 12.2 Å². The van der Waals surface area contributed by atoms with Crippen LogP contribution in [0.2, 0.25) is 0 Å². The summed E-state index contributed by atoms with van der Waals surface area (Å²) in [4.78, 5) is 0. The molecule has 3 heteroatoms. The van der Waals surface area contributed by atoms with Crippen molar-refractivity contribution in [1.82, 2.24) is 5.32 Å². The largest absolute Gasteiger partial charge is 0.329 e. The fraction of sp³-hybridized carbons (Fsp3) is 0.200. The van der Waals surface area contributed by atoms with E-state index in [9.17, 15) is 8.78 Å². The Bertz CT molecular complexity index is 139. The Morgan fingerprint density at radius 1 is 1.62 bits per heavy atom. The molecule has 1 aliphatic rings. The predicted octanol–water partition coefficient (Wildman–Crippen LogP) is 1.25. The van der Waals surface area contributed by atoms with Crippen LogP contribution in [0.3, 0.4) is 0 Å². The van der Waals surface area contributed by atoms with Gasteiger partial charge in [0.25, 0.3) is 0 Å². The third-order valence-electron chi connectivity index (χ3n) is 0.798. The molecule has 8 heavy (non-hydrogen) atoms. The fourth-order valence-corrected chi connectivity index (χ4v) is 0.466. The average Bonchev–Trinajstić information content (AvgIpc) is 1.64. The molecular weight excluding hydrogens is 112 g/mol. The van der Waals surface area contributed by atoms with E-state index in [1.165, 1.54) is 12.2 Å². The maximum atomic E-state index is 12.0. The Morgan fingerprint density at radius 2 is 2.38 bits per heavy atom. The van der Waals surface area contributed by atoms with E-state index in [1.807, 2.05) is 5.32 Å². The highest BCUT2D eigenvalue weighted by atomic mass is 19.2. The SMILES string of the molecule is FC1=CC=CC(F)N1. The van der Waals surface area contributed by atoms with E-state index in [1.54, 1.807) is 0 Å². The van der Waals surface area contributed by atoms with Gasteiger partial charge in [-0.25, -0.2) is 4.39 Å². The Kier molecular flexibility index (Phi) is 1.28. The molecule has 0 saturated carbocycles. The van der Waals surface area contributed by atoms with Crippen molar-refractivity contribution >= 4 is 0 Å². The number of halogens is 2. The summed E-state index contributed by atoms with van der Waals surface area (Å²) in [5.74, 6) is -0.625. The van der Waals surface area contributed by atoms with Crippen LogP contribution in [0.25, 0.3) is 0 Å². The van der Waals surface area contributed by atoms with Gasteiger partial charge in [-0.15, -0.1) is 0 Å². The summed E-state index contributed by atoms with van der Waals surface area (Å²) < 4.78 is 23.8. The minimum Gasteiger partial charge on any atom is -0.329 e. The molecular formula is C5H5F2N. The number of rotatable bonds is 0. The summed E-state index contributed by atoms with van der Waals surface area (Å²) in [5.41, 5.74) is 0. The van der Waals surface area contributed by atoms with Crippen LogP contribution >= 0.6 is 0 Å². The zero-order valence-corrected chi connectivity index (χ0v) is 4.07. The number of dihydropyridines is 1. The molecule has 0 aromatic carbocycles. The molecule has 0 aromatic heterocycles. The molecule has 44 valence electrons. The second kappa shape index (κ2) is 1.94. The summed E-state index contributed by atoms with van der Waals surface area (Å²) in [5, 5.41) is 1.92. The van der Waals surface area contributed by atoms with Gasteiger partial charge in [-0.1, -0.05) is 6.08 Å². The maximum absolute atomic E-state index is 12.0. The molecule has 0 bridgehead atoms. The predicted molar refractivity (Wildman–Crippen MR) is 26.4 cm³/mol. The molecule has 1 aliphatic heterocycles. The third-order valence-corrected chi connectivity index (χ3v) is 0.798. The molecule has 1 rings (SSSR count). The topological polar surface area (TPSA) is 12.0 Å². The number of hydrogen-bond donors (Lipinski definition) is 1. The van der Waals surface area contributed by atoms with Crippen molar-refractivity contribution < 1.29 is 8.78 Å². The first-order valence-electron chi connectivity index (χ1n) is 2.23. The van der Waals surface area contributed by atoms with Gasteiger partial charge in [0.2, 0.25) is 0 Å². The van der Waals surface area contributed by atoms with Gasteiger partial charge >= 0.3 is 0 Å². The lowest BCUT2D eigenvalue weighted by Gasteiger charge is -2.06. The Morgan fingerprint density at radius 3 is 2.75 bits per heavy atom. The highest BCUT2D eigenvalue weighted by molar-refractivity contribution is 5.13. The van der Waals surface area contributed by atoms with Gasteiger partial charge in [-0.2, -0.15) is 4.39 Å². The number of allylic oxidation sites excluding steroid dienone is 2. The highest BCUT2D eigenvalue weighted by Crippen LogP contribution is 2.02. The zero-order valence-electron chi connectivity index (χ0n) is 4.07. The summed E-state index contributed by atoms with van der Waals surface area (Å²) in [6, 6.07) is 0. The second-order valence-electron chi connectivity index (χ2n) is 1.45. The zero-order chi connectivity index (χ0) is 5.98. The van der Waals surface area contributed by atoms with Crippen molar-refractivity contribution in [2.45, 2.75) is 6.30 Å². The van der Waals surface area contributed by atoms with Crippen molar-refractivity contribution in [3.8, 4) is 0 Å². The number of alkyl halides is 1. The van der Waals surface area contributed by atoms with Crippen LogP contribution in [-0.4, -0.2) is 6.30 Å². The fourth-order valence-electron chi connectivity index (χ4n) is 0.466. The lowest BCUT2D eigenvalue weighted by Crippen LogP contribution is -2.21. The van der Waals surface area contributed by atoms with Gasteiger partial charge in [0, 0.05) is 0 Å². The van der Waals surface area contributed by atoms with E-state index >= 15 is 0 Å². The molecule has 1 atom stereocenters. The van der Waals surface area contributed by atoms with Crippen molar-refractivity contribution in [2.24, 2.45) is 0 Å². The first-order chi connectivity index (χ1) is 3.79. The van der Waals surface area contributed by atoms with Crippen molar-refractivity contribution in [2.75, 3.05) is 0 Å². The van der Waals surface area contributed by atoms with Crippen molar-refractivity contribution in [1.29, 1.82) is 0 Å². The van der Waals surface area contributed by atoms with Crippen LogP contribution in [0.4, 0.5) is 8.78 Å². The molecule has 1 N–H and O–H groups in total. The minimum absolute atomic E-state index is 0.625. The quantitative estimate of drug-likeness (QED) is 0.471. The van der Waals surface area contributed by atoms with Crippen LogP contribution in [0.5, 0.6) is 0 Å². The van der Waals surface area contributed by atoms with E-state index in [-0.39, 0.29) is 0 Å². The van der Waals surface area contributed by atoms with E-state index in [4.69, 9.17) is 0 Å². The minimum atomic E-state index is -1.36. The lowest BCUT2D eigenvalue weighted by atomic mass is 10.4. The molecule has 0 aromatic rings. The molecule has 0 spiro atoms. The van der Waals surface area contributed by atoms with Crippen LogP contribution in [-0.2, 0) is 0 Å². The smallest absolute Gasteiger partial charge is 0.190 e. The van der Waals surface area contributed by atoms with Crippen molar-refractivity contribution in [3.05, 3.63) is 24.2 Å².